The molecule has 1 aliphatic heterocycles. The molecule has 21 heavy (non-hydrogen) atoms. The first-order valence-corrected chi connectivity index (χ1v) is 8.03. The lowest BCUT2D eigenvalue weighted by molar-refractivity contribution is 0.206. The minimum absolute atomic E-state index is 0.0610. The molecule has 0 spiro atoms. The topological polar surface area (TPSA) is 45.2 Å². The second-order valence-electron chi connectivity index (χ2n) is 5.59. The van der Waals surface area contributed by atoms with E-state index >= 15 is 0 Å². The van der Waals surface area contributed by atoms with Gasteiger partial charge in [0.1, 0.15) is 0 Å². The molecule has 110 valence electrons. The number of hydrogen-bond donors (Lipinski definition) is 1. The van der Waals surface area contributed by atoms with Crippen molar-refractivity contribution >= 4 is 22.5 Å². The van der Waals surface area contributed by atoms with Crippen molar-refractivity contribution < 1.29 is 4.79 Å². The van der Waals surface area contributed by atoms with E-state index in [-0.39, 0.29) is 6.03 Å². The molecule has 0 bridgehead atoms. The van der Waals surface area contributed by atoms with Crippen molar-refractivity contribution in [3.8, 4) is 0 Å². The molecule has 2 amide bonds. The Morgan fingerprint density at radius 3 is 2.81 bits per heavy atom. The van der Waals surface area contributed by atoms with E-state index in [0.717, 1.165) is 13.0 Å². The van der Waals surface area contributed by atoms with Crippen LogP contribution in [-0.2, 0) is 13.0 Å². The molecule has 0 saturated heterocycles. The normalized spacial score (nSPS) is 14.1. The lowest BCUT2D eigenvalue weighted by Gasteiger charge is -2.28. The van der Waals surface area contributed by atoms with E-state index in [1.165, 1.54) is 16.0 Å². The predicted octanol–water partition coefficient (Wildman–Crippen LogP) is 3.86. The molecule has 0 atom stereocenters. The van der Waals surface area contributed by atoms with Gasteiger partial charge in [0.05, 0.1) is 0 Å². The Kier molecular flexibility index (Phi) is 3.92. The van der Waals surface area contributed by atoms with Gasteiger partial charge in [-0.05, 0) is 23.5 Å². The number of carbonyl (C=O) groups is 1. The fourth-order valence-electron chi connectivity index (χ4n) is 2.45. The summed E-state index contributed by atoms with van der Waals surface area (Å²) in [6, 6.07) is 8.25. The van der Waals surface area contributed by atoms with Gasteiger partial charge in [-0.15, -0.1) is 11.3 Å². The Labute approximate surface area is 128 Å². The number of rotatable bonds is 2. The monoisotopic (exact) mass is 301 g/mol. The molecule has 2 aromatic rings. The molecule has 5 heteroatoms. The number of fused-ring (bicyclic) bond motifs is 1. The summed E-state index contributed by atoms with van der Waals surface area (Å²) in [5.41, 5.74) is 2.58. The zero-order valence-corrected chi connectivity index (χ0v) is 13.1. The van der Waals surface area contributed by atoms with E-state index in [1.54, 1.807) is 11.3 Å². The van der Waals surface area contributed by atoms with Gasteiger partial charge in [0, 0.05) is 24.2 Å². The maximum Gasteiger partial charge on any atom is 0.323 e. The van der Waals surface area contributed by atoms with E-state index in [4.69, 9.17) is 0 Å². The van der Waals surface area contributed by atoms with Crippen molar-refractivity contribution in [1.29, 1.82) is 0 Å². The first kappa shape index (κ1) is 14.1. The van der Waals surface area contributed by atoms with Crippen molar-refractivity contribution in [1.82, 2.24) is 9.88 Å². The average Bonchev–Trinajstić information content (AvgIpc) is 2.95. The third-order valence-electron chi connectivity index (χ3n) is 3.72. The van der Waals surface area contributed by atoms with Gasteiger partial charge in [-0.25, -0.2) is 9.78 Å². The number of anilines is 1. The predicted molar refractivity (Wildman–Crippen MR) is 85.8 cm³/mol. The second kappa shape index (κ2) is 5.85. The van der Waals surface area contributed by atoms with E-state index in [0.29, 0.717) is 17.6 Å². The van der Waals surface area contributed by atoms with Crippen LogP contribution < -0.4 is 5.32 Å². The third kappa shape index (κ3) is 3.08. The number of benzene rings is 1. The first-order chi connectivity index (χ1) is 10.1. The molecular formula is C16H19N3OS. The highest BCUT2D eigenvalue weighted by Crippen LogP contribution is 2.26. The summed E-state index contributed by atoms with van der Waals surface area (Å²) >= 11 is 1.55. The number of thiazole rings is 1. The Bertz CT molecular complexity index is 650. The smallest absolute Gasteiger partial charge is 0.320 e. The van der Waals surface area contributed by atoms with Crippen molar-refractivity contribution in [2.75, 3.05) is 11.9 Å². The van der Waals surface area contributed by atoms with Crippen LogP contribution >= 0.6 is 11.3 Å². The summed E-state index contributed by atoms with van der Waals surface area (Å²) in [6.45, 7) is 5.68. The molecule has 2 heterocycles. The summed E-state index contributed by atoms with van der Waals surface area (Å²) in [6.07, 6.45) is 2.76. The molecule has 0 aliphatic carbocycles. The fourth-order valence-corrected chi connectivity index (χ4v) is 3.26. The molecule has 4 nitrogen and oxygen atoms in total. The molecule has 3 rings (SSSR count). The summed E-state index contributed by atoms with van der Waals surface area (Å²) in [5, 5.41) is 3.60. The quantitative estimate of drug-likeness (QED) is 0.915. The molecule has 0 fully saturated rings. The number of aromatic nitrogens is 1. The highest BCUT2D eigenvalue weighted by Gasteiger charge is 2.21. The Balaban J connectivity index is 1.66. The maximum absolute atomic E-state index is 12.3. The fraction of sp³-hybridized carbons (Fsp3) is 0.375. The molecule has 0 unspecified atom stereocenters. The number of nitrogens with one attached hydrogen (secondary N) is 1. The number of amides is 2. The van der Waals surface area contributed by atoms with Gasteiger partial charge in [-0.3, -0.25) is 5.32 Å². The Morgan fingerprint density at radius 2 is 2.10 bits per heavy atom. The van der Waals surface area contributed by atoms with Crippen LogP contribution in [0.2, 0.25) is 0 Å². The van der Waals surface area contributed by atoms with Gasteiger partial charge >= 0.3 is 6.03 Å². The zero-order valence-electron chi connectivity index (χ0n) is 12.3. The molecule has 1 aromatic heterocycles. The Morgan fingerprint density at radius 1 is 1.33 bits per heavy atom. The van der Waals surface area contributed by atoms with Gasteiger partial charge < -0.3 is 4.90 Å². The van der Waals surface area contributed by atoms with Crippen LogP contribution in [0.15, 0.2) is 30.5 Å². The highest BCUT2D eigenvalue weighted by molar-refractivity contribution is 7.15. The summed E-state index contributed by atoms with van der Waals surface area (Å²) in [7, 11) is 0. The van der Waals surface area contributed by atoms with E-state index in [2.05, 4.69) is 42.3 Å². The molecular weight excluding hydrogens is 282 g/mol. The average molecular weight is 301 g/mol. The minimum Gasteiger partial charge on any atom is -0.320 e. The molecule has 1 aromatic carbocycles. The van der Waals surface area contributed by atoms with Gasteiger partial charge in [0.25, 0.3) is 0 Å². The summed E-state index contributed by atoms with van der Waals surface area (Å²) in [5.74, 6) is 0.440. The van der Waals surface area contributed by atoms with Gasteiger partial charge in [0.2, 0.25) is 0 Å². The number of urea groups is 1. The summed E-state index contributed by atoms with van der Waals surface area (Å²) < 4.78 is 0. The minimum atomic E-state index is -0.0610. The Hall–Kier alpha value is -1.88. The van der Waals surface area contributed by atoms with Crippen LogP contribution in [0, 0.1) is 0 Å². The van der Waals surface area contributed by atoms with Crippen molar-refractivity contribution in [3.05, 3.63) is 46.5 Å². The van der Waals surface area contributed by atoms with E-state index in [9.17, 15) is 4.79 Å². The van der Waals surface area contributed by atoms with Crippen LogP contribution in [0.4, 0.5) is 9.93 Å². The number of nitrogens with zero attached hydrogens (tertiary/aromatic N) is 2. The summed E-state index contributed by atoms with van der Waals surface area (Å²) in [4.78, 5) is 19.6. The third-order valence-corrected chi connectivity index (χ3v) is 4.94. The van der Waals surface area contributed by atoms with Crippen LogP contribution in [-0.4, -0.2) is 22.5 Å². The van der Waals surface area contributed by atoms with Gasteiger partial charge in [0.15, 0.2) is 5.13 Å². The van der Waals surface area contributed by atoms with Crippen LogP contribution in [0.3, 0.4) is 0 Å². The lowest BCUT2D eigenvalue weighted by atomic mass is 10.0. The van der Waals surface area contributed by atoms with E-state index in [1.807, 2.05) is 17.2 Å². The van der Waals surface area contributed by atoms with Crippen molar-refractivity contribution in [2.45, 2.75) is 32.7 Å². The van der Waals surface area contributed by atoms with Crippen LogP contribution in [0.25, 0.3) is 0 Å². The van der Waals surface area contributed by atoms with Crippen LogP contribution in [0.1, 0.15) is 35.8 Å². The standard InChI is InChI=1S/C16H19N3OS/c1-11(2)14-9-17-15(21-14)18-16(20)19-8-7-12-5-3-4-6-13(12)10-19/h3-6,9,11H,7-8,10H2,1-2H3,(H,17,18,20). The molecule has 1 N–H and O–H groups in total. The molecule has 0 saturated carbocycles. The largest absolute Gasteiger partial charge is 0.323 e. The van der Waals surface area contributed by atoms with E-state index < -0.39 is 0 Å². The highest BCUT2D eigenvalue weighted by atomic mass is 32.1. The number of hydrogen-bond acceptors (Lipinski definition) is 3. The number of carbonyl (C=O) groups excluding carboxylic acids is 1. The molecule has 0 radical (unpaired) electrons. The second-order valence-corrected chi connectivity index (χ2v) is 6.66. The van der Waals surface area contributed by atoms with Gasteiger partial charge in [-0.2, -0.15) is 0 Å². The zero-order chi connectivity index (χ0) is 14.8. The van der Waals surface area contributed by atoms with Crippen molar-refractivity contribution in [3.63, 3.8) is 0 Å². The molecule has 1 aliphatic rings. The lowest BCUT2D eigenvalue weighted by Crippen LogP contribution is -2.38. The maximum atomic E-state index is 12.3. The van der Waals surface area contributed by atoms with Crippen LogP contribution in [0.5, 0.6) is 0 Å². The van der Waals surface area contributed by atoms with Gasteiger partial charge in [-0.1, -0.05) is 38.1 Å². The SMILES string of the molecule is CC(C)c1cnc(NC(=O)N2CCc3ccccc3C2)s1. The van der Waals surface area contributed by atoms with Crippen molar-refractivity contribution in [2.24, 2.45) is 0 Å². The first-order valence-electron chi connectivity index (χ1n) is 7.22.